The fraction of sp³-hybridized carbons (Fsp3) is 0.500. The van der Waals surface area contributed by atoms with E-state index in [9.17, 15) is 13.6 Å². The molecule has 0 fully saturated rings. The molecule has 1 aromatic rings. The molecule has 0 aromatic heterocycles. The molecule has 106 valence electrons. The molecule has 3 nitrogen and oxygen atoms in total. The van der Waals surface area contributed by atoms with Crippen LogP contribution >= 0.6 is 0 Å². The molecule has 1 N–H and O–H groups in total. The highest BCUT2D eigenvalue weighted by Gasteiger charge is 2.20. The van der Waals surface area contributed by atoms with E-state index in [1.54, 1.807) is 0 Å². The fourth-order valence-electron chi connectivity index (χ4n) is 1.83. The summed E-state index contributed by atoms with van der Waals surface area (Å²) in [6.45, 7) is 2.39. The molecular weight excluding hydrogens is 252 g/mol. The normalized spacial score (nSPS) is 10.5. The van der Waals surface area contributed by atoms with Crippen LogP contribution in [0.5, 0.6) is 0 Å². The van der Waals surface area contributed by atoms with E-state index in [1.165, 1.54) is 17.0 Å². The van der Waals surface area contributed by atoms with Crippen molar-refractivity contribution in [2.75, 3.05) is 19.7 Å². The molecular formula is C14H19F2NO2. The van der Waals surface area contributed by atoms with Crippen molar-refractivity contribution in [3.63, 3.8) is 0 Å². The summed E-state index contributed by atoms with van der Waals surface area (Å²) < 4.78 is 26.7. The number of carbonyl (C=O) groups is 1. The van der Waals surface area contributed by atoms with Gasteiger partial charge in [0.15, 0.2) is 11.6 Å². The van der Waals surface area contributed by atoms with Crippen LogP contribution in [0.3, 0.4) is 0 Å². The number of benzene rings is 1. The minimum Gasteiger partial charge on any atom is -0.395 e. The summed E-state index contributed by atoms with van der Waals surface area (Å²) in [6.07, 6.45) is 2.72. The highest BCUT2D eigenvalue weighted by Crippen LogP contribution is 2.14. The summed E-state index contributed by atoms with van der Waals surface area (Å²) in [5, 5.41) is 8.95. The van der Waals surface area contributed by atoms with Gasteiger partial charge in [-0.25, -0.2) is 8.78 Å². The lowest BCUT2D eigenvalue weighted by Crippen LogP contribution is -2.35. The lowest BCUT2D eigenvalue weighted by atomic mass is 10.1. The third kappa shape index (κ3) is 4.28. The minimum absolute atomic E-state index is 0.124. The summed E-state index contributed by atoms with van der Waals surface area (Å²) in [6, 6.07) is 3.53. The Hall–Kier alpha value is -1.49. The Morgan fingerprint density at radius 2 is 2.00 bits per heavy atom. The zero-order valence-electron chi connectivity index (χ0n) is 11.0. The Balaban J connectivity index is 2.83. The summed E-state index contributed by atoms with van der Waals surface area (Å²) in [5.74, 6) is -2.75. The zero-order chi connectivity index (χ0) is 14.3. The molecule has 1 aromatic carbocycles. The second-order valence-electron chi connectivity index (χ2n) is 4.32. The number of hydrogen-bond donors (Lipinski definition) is 1. The van der Waals surface area contributed by atoms with Crippen molar-refractivity contribution in [1.82, 2.24) is 4.90 Å². The Labute approximate surface area is 111 Å². The first-order chi connectivity index (χ1) is 9.11. The first-order valence-corrected chi connectivity index (χ1v) is 6.46. The average Bonchev–Trinajstić information content (AvgIpc) is 2.40. The summed E-state index contributed by atoms with van der Waals surface area (Å²) in [7, 11) is 0. The number of halogens is 2. The maximum atomic E-state index is 13.6. The van der Waals surface area contributed by atoms with Crippen molar-refractivity contribution in [2.24, 2.45) is 0 Å². The van der Waals surface area contributed by atoms with Crippen LogP contribution in [-0.4, -0.2) is 35.6 Å². The van der Waals surface area contributed by atoms with E-state index in [0.717, 1.165) is 25.3 Å². The number of nitrogens with zero attached hydrogens (tertiary/aromatic N) is 1. The van der Waals surface area contributed by atoms with E-state index < -0.39 is 17.5 Å². The van der Waals surface area contributed by atoms with E-state index in [4.69, 9.17) is 5.11 Å². The monoisotopic (exact) mass is 271 g/mol. The van der Waals surface area contributed by atoms with Gasteiger partial charge in [-0.1, -0.05) is 25.8 Å². The quantitative estimate of drug-likeness (QED) is 0.774. The van der Waals surface area contributed by atoms with Crippen LogP contribution < -0.4 is 0 Å². The molecule has 0 aliphatic heterocycles. The highest BCUT2D eigenvalue weighted by atomic mass is 19.2. The largest absolute Gasteiger partial charge is 0.395 e. The van der Waals surface area contributed by atoms with Gasteiger partial charge in [0.25, 0.3) is 5.91 Å². The molecule has 0 aliphatic rings. The van der Waals surface area contributed by atoms with Gasteiger partial charge in [-0.3, -0.25) is 4.79 Å². The number of carbonyl (C=O) groups excluding carboxylic acids is 1. The lowest BCUT2D eigenvalue weighted by Gasteiger charge is -2.22. The molecule has 0 bridgehead atoms. The number of amides is 1. The Morgan fingerprint density at radius 1 is 1.26 bits per heavy atom. The van der Waals surface area contributed by atoms with Gasteiger partial charge in [0.2, 0.25) is 0 Å². The van der Waals surface area contributed by atoms with Gasteiger partial charge < -0.3 is 10.0 Å². The van der Waals surface area contributed by atoms with E-state index in [-0.39, 0.29) is 18.7 Å². The van der Waals surface area contributed by atoms with Crippen LogP contribution in [-0.2, 0) is 0 Å². The zero-order valence-corrected chi connectivity index (χ0v) is 11.0. The van der Waals surface area contributed by atoms with Gasteiger partial charge in [-0.2, -0.15) is 0 Å². The molecule has 0 aliphatic carbocycles. The minimum atomic E-state index is -1.13. The van der Waals surface area contributed by atoms with Crippen LogP contribution in [0.25, 0.3) is 0 Å². The molecule has 5 heteroatoms. The molecule has 0 radical (unpaired) electrons. The van der Waals surface area contributed by atoms with Crippen molar-refractivity contribution < 1.29 is 18.7 Å². The number of aliphatic hydroxyl groups is 1. The molecule has 1 amide bonds. The number of unbranched alkanes of at least 4 members (excludes halogenated alkanes) is 2. The first kappa shape index (κ1) is 15.6. The van der Waals surface area contributed by atoms with E-state index in [0.29, 0.717) is 6.54 Å². The molecule has 0 unspecified atom stereocenters. The van der Waals surface area contributed by atoms with Crippen molar-refractivity contribution in [2.45, 2.75) is 26.2 Å². The third-order valence-corrected chi connectivity index (χ3v) is 2.87. The SMILES string of the molecule is CCCCCN(CCO)C(=O)c1cccc(F)c1F. The summed E-state index contributed by atoms with van der Waals surface area (Å²) in [5.41, 5.74) is -0.287. The third-order valence-electron chi connectivity index (χ3n) is 2.87. The van der Waals surface area contributed by atoms with Crippen molar-refractivity contribution in [3.05, 3.63) is 35.4 Å². The molecule has 19 heavy (non-hydrogen) atoms. The molecule has 0 heterocycles. The van der Waals surface area contributed by atoms with Crippen LogP contribution in [0.1, 0.15) is 36.5 Å². The number of hydrogen-bond acceptors (Lipinski definition) is 2. The van der Waals surface area contributed by atoms with Gasteiger partial charge in [-0.05, 0) is 18.6 Å². The maximum absolute atomic E-state index is 13.6. The molecule has 0 saturated carbocycles. The van der Waals surface area contributed by atoms with E-state index in [2.05, 4.69) is 0 Å². The molecule has 1 rings (SSSR count). The highest BCUT2D eigenvalue weighted by molar-refractivity contribution is 5.94. The lowest BCUT2D eigenvalue weighted by molar-refractivity contribution is 0.0713. The summed E-state index contributed by atoms with van der Waals surface area (Å²) in [4.78, 5) is 13.5. The van der Waals surface area contributed by atoms with Gasteiger partial charge in [0.1, 0.15) is 0 Å². The predicted molar refractivity (Wildman–Crippen MR) is 68.9 cm³/mol. The number of rotatable bonds is 7. The fourth-order valence-corrected chi connectivity index (χ4v) is 1.83. The molecule has 0 saturated heterocycles. The van der Waals surface area contributed by atoms with Crippen LogP contribution in [0.15, 0.2) is 18.2 Å². The number of aliphatic hydroxyl groups excluding tert-OH is 1. The van der Waals surface area contributed by atoms with Crippen molar-refractivity contribution in [3.8, 4) is 0 Å². The topological polar surface area (TPSA) is 40.5 Å². The summed E-state index contributed by atoms with van der Waals surface area (Å²) >= 11 is 0. The van der Waals surface area contributed by atoms with Crippen molar-refractivity contribution >= 4 is 5.91 Å². The van der Waals surface area contributed by atoms with Crippen LogP contribution in [0, 0.1) is 11.6 Å². The second-order valence-corrected chi connectivity index (χ2v) is 4.32. The van der Waals surface area contributed by atoms with Gasteiger partial charge in [-0.15, -0.1) is 0 Å². The Kier molecular flexibility index (Phi) is 6.42. The predicted octanol–water partition coefficient (Wildman–Crippen LogP) is 2.59. The van der Waals surface area contributed by atoms with Crippen molar-refractivity contribution in [1.29, 1.82) is 0 Å². The van der Waals surface area contributed by atoms with Gasteiger partial charge >= 0.3 is 0 Å². The van der Waals surface area contributed by atoms with Crippen LogP contribution in [0.4, 0.5) is 8.78 Å². The van der Waals surface area contributed by atoms with E-state index in [1.807, 2.05) is 6.92 Å². The van der Waals surface area contributed by atoms with Crippen LogP contribution in [0.2, 0.25) is 0 Å². The first-order valence-electron chi connectivity index (χ1n) is 6.46. The smallest absolute Gasteiger partial charge is 0.257 e. The average molecular weight is 271 g/mol. The Morgan fingerprint density at radius 3 is 2.63 bits per heavy atom. The second kappa shape index (κ2) is 7.84. The standard InChI is InChI=1S/C14H19F2NO2/c1-2-3-4-8-17(9-10-18)14(19)11-6-5-7-12(15)13(11)16/h5-7,18H,2-4,8-10H2,1H3. The Bertz CT molecular complexity index is 424. The molecule has 0 spiro atoms. The molecule has 0 atom stereocenters. The van der Waals surface area contributed by atoms with Gasteiger partial charge in [0, 0.05) is 13.1 Å². The van der Waals surface area contributed by atoms with Gasteiger partial charge in [0.05, 0.1) is 12.2 Å². The maximum Gasteiger partial charge on any atom is 0.257 e. The van der Waals surface area contributed by atoms with E-state index >= 15 is 0 Å².